The molecule has 2 rings (SSSR count). The van der Waals surface area contributed by atoms with E-state index in [9.17, 15) is 12.8 Å². The van der Waals surface area contributed by atoms with Crippen LogP contribution in [0.5, 0.6) is 0 Å². The lowest BCUT2D eigenvalue weighted by Crippen LogP contribution is -2.51. The Labute approximate surface area is 127 Å². The van der Waals surface area contributed by atoms with Gasteiger partial charge in [-0.2, -0.15) is 0 Å². The fourth-order valence-corrected chi connectivity index (χ4v) is 4.28. The molecule has 8 heteroatoms. The first-order valence-electron chi connectivity index (χ1n) is 6.22. The van der Waals surface area contributed by atoms with Crippen molar-refractivity contribution in [3.63, 3.8) is 0 Å². The highest BCUT2D eigenvalue weighted by Gasteiger charge is 2.29. The van der Waals surface area contributed by atoms with Gasteiger partial charge in [0.05, 0.1) is 10.0 Å². The normalized spacial score (nSPS) is 23.8. The smallest absolute Gasteiger partial charge is 0.242 e. The summed E-state index contributed by atoms with van der Waals surface area (Å²) in [4.78, 5) is -0.293. The van der Waals surface area contributed by atoms with Gasteiger partial charge >= 0.3 is 0 Å². The zero-order valence-electron chi connectivity index (χ0n) is 10.8. The summed E-state index contributed by atoms with van der Waals surface area (Å²) in [6.45, 7) is 2.76. The Kier molecular flexibility index (Phi) is 4.92. The van der Waals surface area contributed by atoms with Crippen LogP contribution >= 0.6 is 23.2 Å². The molecule has 0 radical (unpaired) electrons. The lowest BCUT2D eigenvalue weighted by atomic mass is 10.0. The van der Waals surface area contributed by atoms with E-state index < -0.39 is 20.9 Å². The summed E-state index contributed by atoms with van der Waals surface area (Å²) >= 11 is 11.3. The SMILES string of the molecule is CC1NCCCC1NS(=O)(=O)c1ccc(Cl)c(F)c1Cl. The molecule has 1 saturated heterocycles. The van der Waals surface area contributed by atoms with Crippen molar-refractivity contribution < 1.29 is 12.8 Å². The first-order valence-corrected chi connectivity index (χ1v) is 8.46. The minimum absolute atomic E-state index is 0.00875. The number of sulfonamides is 1. The fraction of sp³-hybridized carbons (Fsp3) is 0.500. The molecule has 0 saturated carbocycles. The topological polar surface area (TPSA) is 58.2 Å². The third-order valence-electron chi connectivity index (χ3n) is 3.36. The molecule has 2 atom stereocenters. The largest absolute Gasteiger partial charge is 0.313 e. The summed E-state index contributed by atoms with van der Waals surface area (Å²) in [5, 5.41) is 2.49. The van der Waals surface area contributed by atoms with Gasteiger partial charge in [-0.3, -0.25) is 0 Å². The molecule has 1 aromatic rings. The van der Waals surface area contributed by atoms with E-state index in [2.05, 4.69) is 10.0 Å². The second kappa shape index (κ2) is 6.15. The number of hydrogen-bond acceptors (Lipinski definition) is 3. The molecule has 2 N–H and O–H groups in total. The number of nitrogens with one attached hydrogen (secondary N) is 2. The molecule has 1 aromatic carbocycles. The minimum atomic E-state index is -3.88. The van der Waals surface area contributed by atoms with Crippen molar-refractivity contribution in [3.8, 4) is 0 Å². The van der Waals surface area contributed by atoms with Crippen LogP contribution in [0.3, 0.4) is 0 Å². The number of halogens is 3. The summed E-state index contributed by atoms with van der Waals surface area (Å²) in [5.41, 5.74) is 0. The van der Waals surface area contributed by atoms with Crippen LogP contribution < -0.4 is 10.0 Å². The standard InChI is InChI=1S/C12H15Cl2FN2O2S/c1-7-9(3-2-6-16-7)17-20(18,19)10-5-4-8(13)12(15)11(10)14/h4-5,7,9,16-17H,2-3,6H2,1H3. The highest BCUT2D eigenvalue weighted by atomic mass is 35.5. The molecule has 112 valence electrons. The average molecular weight is 341 g/mol. The van der Waals surface area contributed by atoms with Gasteiger partial charge in [-0.05, 0) is 38.4 Å². The van der Waals surface area contributed by atoms with E-state index in [1.54, 1.807) is 0 Å². The van der Waals surface area contributed by atoms with Gasteiger partial charge in [0.1, 0.15) is 4.90 Å². The molecule has 1 fully saturated rings. The molecule has 1 aliphatic rings. The number of piperidine rings is 1. The van der Waals surface area contributed by atoms with E-state index in [4.69, 9.17) is 23.2 Å². The van der Waals surface area contributed by atoms with Gasteiger partial charge in [0.2, 0.25) is 10.0 Å². The van der Waals surface area contributed by atoms with Crippen LogP contribution in [0, 0.1) is 5.82 Å². The highest BCUT2D eigenvalue weighted by molar-refractivity contribution is 7.89. The number of benzene rings is 1. The van der Waals surface area contributed by atoms with Gasteiger partial charge in [0.15, 0.2) is 5.82 Å². The summed E-state index contributed by atoms with van der Waals surface area (Å²) in [5.74, 6) is -0.925. The van der Waals surface area contributed by atoms with Crippen molar-refractivity contribution in [3.05, 3.63) is 28.0 Å². The molecule has 20 heavy (non-hydrogen) atoms. The lowest BCUT2D eigenvalue weighted by molar-refractivity contribution is 0.349. The number of rotatable bonds is 3. The summed E-state index contributed by atoms with van der Waals surface area (Å²) in [6.07, 6.45) is 1.60. The zero-order valence-corrected chi connectivity index (χ0v) is 13.1. The molecule has 0 aliphatic carbocycles. The van der Waals surface area contributed by atoms with Gasteiger partial charge in [0.25, 0.3) is 0 Å². The van der Waals surface area contributed by atoms with Crippen LogP contribution in [-0.4, -0.2) is 27.0 Å². The lowest BCUT2D eigenvalue weighted by Gasteiger charge is -2.30. The van der Waals surface area contributed by atoms with Crippen LogP contribution in [0.15, 0.2) is 17.0 Å². The quantitative estimate of drug-likeness (QED) is 0.831. The Balaban J connectivity index is 2.29. The Morgan fingerprint density at radius 2 is 2.10 bits per heavy atom. The van der Waals surface area contributed by atoms with Crippen molar-refractivity contribution in [2.24, 2.45) is 0 Å². The molecule has 0 spiro atoms. The maximum absolute atomic E-state index is 13.6. The summed E-state index contributed by atoms with van der Waals surface area (Å²) in [6, 6.07) is 2.15. The molecule has 4 nitrogen and oxygen atoms in total. The summed E-state index contributed by atoms with van der Waals surface area (Å²) in [7, 11) is -3.88. The number of hydrogen-bond donors (Lipinski definition) is 2. The van der Waals surface area contributed by atoms with Crippen molar-refractivity contribution in [1.29, 1.82) is 0 Å². The van der Waals surface area contributed by atoms with E-state index in [0.29, 0.717) is 0 Å². The Hall–Kier alpha value is -0.400. The maximum Gasteiger partial charge on any atom is 0.242 e. The van der Waals surface area contributed by atoms with Crippen LogP contribution in [-0.2, 0) is 10.0 Å². The zero-order chi connectivity index (χ0) is 14.9. The monoisotopic (exact) mass is 340 g/mol. The maximum atomic E-state index is 13.6. The first-order chi connectivity index (χ1) is 9.33. The predicted molar refractivity (Wildman–Crippen MR) is 77.2 cm³/mol. The molecule has 0 amide bonds. The van der Waals surface area contributed by atoms with Gasteiger partial charge in [0, 0.05) is 12.1 Å². The van der Waals surface area contributed by atoms with Gasteiger partial charge < -0.3 is 5.32 Å². The van der Waals surface area contributed by atoms with Gasteiger partial charge in [-0.15, -0.1) is 0 Å². The average Bonchev–Trinajstić information content (AvgIpc) is 2.38. The highest BCUT2D eigenvalue weighted by Crippen LogP contribution is 2.29. The third kappa shape index (κ3) is 3.26. The van der Waals surface area contributed by atoms with Crippen LogP contribution in [0.1, 0.15) is 19.8 Å². The van der Waals surface area contributed by atoms with Crippen molar-refractivity contribution in [2.45, 2.75) is 36.7 Å². The summed E-state index contributed by atoms with van der Waals surface area (Å²) < 4.78 is 40.8. The molecule has 1 aliphatic heterocycles. The Bertz CT molecular complexity index is 610. The molecule has 0 bridgehead atoms. The van der Waals surface area contributed by atoms with Crippen molar-refractivity contribution >= 4 is 33.2 Å². The van der Waals surface area contributed by atoms with Crippen LogP contribution in [0.2, 0.25) is 10.0 Å². The molecular formula is C12H15Cl2FN2O2S. The van der Waals surface area contributed by atoms with Crippen LogP contribution in [0.25, 0.3) is 0 Å². The second-order valence-electron chi connectivity index (χ2n) is 4.79. The van der Waals surface area contributed by atoms with Crippen molar-refractivity contribution in [1.82, 2.24) is 10.0 Å². The van der Waals surface area contributed by atoms with E-state index >= 15 is 0 Å². The molecule has 2 unspecified atom stereocenters. The second-order valence-corrected chi connectivity index (χ2v) is 7.25. The van der Waals surface area contributed by atoms with Crippen molar-refractivity contribution in [2.75, 3.05) is 6.54 Å². The van der Waals surface area contributed by atoms with E-state index in [1.807, 2.05) is 6.92 Å². The van der Waals surface area contributed by atoms with E-state index in [1.165, 1.54) is 12.1 Å². The van der Waals surface area contributed by atoms with E-state index in [0.717, 1.165) is 19.4 Å². The Morgan fingerprint density at radius 3 is 2.75 bits per heavy atom. The predicted octanol–water partition coefficient (Wildman–Crippen LogP) is 2.55. The minimum Gasteiger partial charge on any atom is -0.313 e. The fourth-order valence-electron chi connectivity index (χ4n) is 2.18. The van der Waals surface area contributed by atoms with E-state index in [-0.39, 0.29) is 22.0 Å². The third-order valence-corrected chi connectivity index (χ3v) is 5.66. The first kappa shape index (κ1) is 16.0. The van der Waals surface area contributed by atoms with Gasteiger partial charge in [-0.1, -0.05) is 23.2 Å². The Morgan fingerprint density at radius 1 is 1.40 bits per heavy atom. The van der Waals surface area contributed by atoms with Gasteiger partial charge in [-0.25, -0.2) is 17.5 Å². The molecule has 1 heterocycles. The molecule has 0 aromatic heterocycles. The van der Waals surface area contributed by atoms with Crippen LogP contribution in [0.4, 0.5) is 4.39 Å². The molecular weight excluding hydrogens is 326 g/mol.